The summed E-state index contributed by atoms with van der Waals surface area (Å²) in [5, 5.41) is 14.4. The fraction of sp³-hybridized carbons (Fsp3) is 0.389. The number of ether oxygens (including phenoxy) is 1. The summed E-state index contributed by atoms with van der Waals surface area (Å²) in [6, 6.07) is 13.7. The summed E-state index contributed by atoms with van der Waals surface area (Å²) >= 11 is 0. The lowest BCUT2D eigenvalue weighted by molar-refractivity contribution is 0.0497. The topological polar surface area (TPSA) is 58.6 Å². The minimum absolute atomic E-state index is 0.0102. The van der Waals surface area contributed by atoms with Gasteiger partial charge in [0.05, 0.1) is 6.04 Å². The number of alkyl carbamates (subject to hydrolysis) is 1. The number of rotatable bonds is 4. The van der Waals surface area contributed by atoms with E-state index in [0.717, 1.165) is 16.3 Å². The highest BCUT2D eigenvalue weighted by molar-refractivity contribution is 5.86. The molecule has 22 heavy (non-hydrogen) atoms. The molecule has 0 saturated heterocycles. The number of amides is 1. The van der Waals surface area contributed by atoms with E-state index in [1.807, 2.05) is 63.2 Å². The summed E-state index contributed by atoms with van der Waals surface area (Å²) in [5.41, 5.74) is 0.435. The lowest BCUT2D eigenvalue weighted by Gasteiger charge is -2.24. The van der Waals surface area contributed by atoms with Crippen LogP contribution >= 0.6 is 0 Å². The quantitative estimate of drug-likeness (QED) is 0.903. The summed E-state index contributed by atoms with van der Waals surface area (Å²) in [6.07, 6.45) is -0.0355. The molecule has 0 aliphatic rings. The maximum absolute atomic E-state index is 12.0. The number of hydrogen-bond acceptors (Lipinski definition) is 3. The fourth-order valence-corrected chi connectivity index (χ4v) is 2.44. The van der Waals surface area contributed by atoms with Gasteiger partial charge >= 0.3 is 6.09 Å². The van der Waals surface area contributed by atoms with E-state index in [2.05, 4.69) is 5.32 Å². The standard InChI is InChI=1S/C18H23NO3/c1-18(2,3)22-17(21)19-16(11-12-20)15-10-6-8-13-7-4-5-9-14(13)15/h4-10,16,20H,11-12H2,1-3H3,(H,19,21). The van der Waals surface area contributed by atoms with Gasteiger partial charge in [-0.15, -0.1) is 0 Å². The zero-order valence-electron chi connectivity index (χ0n) is 13.3. The van der Waals surface area contributed by atoms with Gasteiger partial charge in [-0.25, -0.2) is 4.79 Å². The molecule has 2 aromatic rings. The van der Waals surface area contributed by atoms with E-state index in [-0.39, 0.29) is 12.6 Å². The van der Waals surface area contributed by atoms with Gasteiger partial charge in [-0.05, 0) is 43.5 Å². The zero-order chi connectivity index (χ0) is 16.2. The molecular formula is C18H23NO3. The molecule has 1 amide bonds. The first kappa shape index (κ1) is 16.3. The van der Waals surface area contributed by atoms with Crippen molar-refractivity contribution in [1.29, 1.82) is 0 Å². The highest BCUT2D eigenvalue weighted by Crippen LogP contribution is 2.26. The van der Waals surface area contributed by atoms with E-state index in [1.165, 1.54) is 0 Å². The van der Waals surface area contributed by atoms with Crippen LogP contribution in [0.25, 0.3) is 10.8 Å². The largest absolute Gasteiger partial charge is 0.444 e. The summed E-state index contributed by atoms with van der Waals surface area (Å²) in [6.45, 7) is 5.46. The first-order chi connectivity index (χ1) is 10.4. The fourth-order valence-electron chi connectivity index (χ4n) is 2.44. The lowest BCUT2D eigenvalue weighted by Crippen LogP contribution is -2.35. The number of aliphatic hydroxyl groups excluding tert-OH is 1. The van der Waals surface area contributed by atoms with Gasteiger partial charge in [0.25, 0.3) is 0 Å². The van der Waals surface area contributed by atoms with Crippen LogP contribution in [0, 0.1) is 0 Å². The second-order valence-electron chi connectivity index (χ2n) is 6.28. The van der Waals surface area contributed by atoms with Crippen LogP contribution < -0.4 is 5.32 Å². The number of carbonyl (C=O) groups is 1. The third-order valence-electron chi connectivity index (χ3n) is 3.31. The minimum atomic E-state index is -0.549. The first-order valence-electron chi connectivity index (χ1n) is 7.49. The number of hydrogen-bond donors (Lipinski definition) is 2. The lowest BCUT2D eigenvalue weighted by atomic mass is 9.97. The van der Waals surface area contributed by atoms with Crippen molar-refractivity contribution >= 4 is 16.9 Å². The van der Waals surface area contributed by atoms with Crippen LogP contribution in [-0.4, -0.2) is 23.4 Å². The monoisotopic (exact) mass is 301 g/mol. The third kappa shape index (κ3) is 4.21. The molecule has 2 N–H and O–H groups in total. The van der Waals surface area contributed by atoms with Crippen LogP contribution in [0.3, 0.4) is 0 Å². The first-order valence-corrected chi connectivity index (χ1v) is 7.49. The number of benzene rings is 2. The van der Waals surface area contributed by atoms with E-state index in [4.69, 9.17) is 4.74 Å². The van der Waals surface area contributed by atoms with Crippen LogP contribution in [0.15, 0.2) is 42.5 Å². The maximum Gasteiger partial charge on any atom is 0.408 e. The Bertz CT molecular complexity index is 641. The Morgan fingerprint density at radius 1 is 1.18 bits per heavy atom. The minimum Gasteiger partial charge on any atom is -0.444 e. The molecule has 0 bridgehead atoms. The highest BCUT2D eigenvalue weighted by Gasteiger charge is 2.21. The van der Waals surface area contributed by atoms with Gasteiger partial charge in [-0.1, -0.05) is 42.5 Å². The summed E-state index contributed by atoms with van der Waals surface area (Å²) in [5.74, 6) is 0. The van der Waals surface area contributed by atoms with Gasteiger partial charge in [-0.3, -0.25) is 0 Å². The molecule has 0 radical (unpaired) electrons. The van der Waals surface area contributed by atoms with Crippen LogP contribution in [0.1, 0.15) is 38.8 Å². The Morgan fingerprint density at radius 3 is 2.55 bits per heavy atom. The van der Waals surface area contributed by atoms with Crippen molar-refractivity contribution in [3.05, 3.63) is 48.0 Å². The number of fused-ring (bicyclic) bond motifs is 1. The summed E-state index contributed by atoms with van der Waals surface area (Å²) < 4.78 is 5.32. The molecule has 0 aliphatic carbocycles. The van der Waals surface area contributed by atoms with E-state index >= 15 is 0 Å². The smallest absolute Gasteiger partial charge is 0.408 e. The number of aliphatic hydroxyl groups is 1. The molecule has 0 fully saturated rings. The Morgan fingerprint density at radius 2 is 1.86 bits per heavy atom. The molecule has 118 valence electrons. The Balaban J connectivity index is 2.28. The molecular weight excluding hydrogens is 278 g/mol. The molecule has 0 aliphatic heterocycles. The summed E-state index contributed by atoms with van der Waals surface area (Å²) in [4.78, 5) is 12.0. The van der Waals surface area contributed by atoms with Crippen molar-refractivity contribution in [2.45, 2.75) is 38.8 Å². The van der Waals surface area contributed by atoms with Gasteiger partial charge in [0.2, 0.25) is 0 Å². The van der Waals surface area contributed by atoms with Crippen molar-refractivity contribution in [2.75, 3.05) is 6.61 Å². The Kier molecular flexibility index (Phi) is 5.03. The molecule has 1 unspecified atom stereocenters. The average molecular weight is 301 g/mol. The van der Waals surface area contributed by atoms with Crippen LogP contribution in [0.5, 0.6) is 0 Å². The second-order valence-corrected chi connectivity index (χ2v) is 6.28. The van der Waals surface area contributed by atoms with Crippen molar-refractivity contribution < 1.29 is 14.6 Å². The van der Waals surface area contributed by atoms with E-state index in [0.29, 0.717) is 6.42 Å². The highest BCUT2D eigenvalue weighted by atomic mass is 16.6. The van der Waals surface area contributed by atoms with Crippen LogP contribution in [-0.2, 0) is 4.74 Å². The molecule has 2 rings (SSSR count). The number of nitrogens with one attached hydrogen (secondary N) is 1. The second kappa shape index (κ2) is 6.79. The molecule has 2 aromatic carbocycles. The van der Waals surface area contributed by atoms with Crippen LogP contribution in [0.2, 0.25) is 0 Å². The van der Waals surface area contributed by atoms with Crippen LogP contribution in [0.4, 0.5) is 4.79 Å². The Hall–Kier alpha value is -2.07. The molecule has 1 atom stereocenters. The predicted octanol–water partition coefficient (Wildman–Crippen LogP) is 3.79. The molecule has 0 saturated carbocycles. The van der Waals surface area contributed by atoms with Crippen molar-refractivity contribution in [3.63, 3.8) is 0 Å². The maximum atomic E-state index is 12.0. The van der Waals surface area contributed by atoms with Crippen molar-refractivity contribution in [3.8, 4) is 0 Å². The molecule has 4 heteroatoms. The molecule has 4 nitrogen and oxygen atoms in total. The van der Waals surface area contributed by atoms with E-state index < -0.39 is 11.7 Å². The van der Waals surface area contributed by atoms with Crippen molar-refractivity contribution in [2.24, 2.45) is 0 Å². The molecule has 0 aromatic heterocycles. The average Bonchev–Trinajstić information content (AvgIpc) is 2.44. The van der Waals surface area contributed by atoms with Gasteiger partial charge in [-0.2, -0.15) is 0 Å². The molecule has 0 heterocycles. The third-order valence-corrected chi connectivity index (χ3v) is 3.31. The SMILES string of the molecule is CC(C)(C)OC(=O)NC(CCO)c1cccc2ccccc12. The number of carbonyl (C=O) groups excluding carboxylic acids is 1. The van der Waals surface area contributed by atoms with Gasteiger partial charge < -0.3 is 15.2 Å². The van der Waals surface area contributed by atoms with E-state index in [9.17, 15) is 9.90 Å². The summed E-state index contributed by atoms with van der Waals surface area (Å²) in [7, 11) is 0. The molecule has 0 spiro atoms. The van der Waals surface area contributed by atoms with Gasteiger partial charge in [0.15, 0.2) is 0 Å². The normalized spacial score (nSPS) is 12.9. The van der Waals surface area contributed by atoms with E-state index in [1.54, 1.807) is 0 Å². The predicted molar refractivity (Wildman–Crippen MR) is 87.8 cm³/mol. The zero-order valence-corrected chi connectivity index (χ0v) is 13.3. The van der Waals surface area contributed by atoms with Gasteiger partial charge in [0, 0.05) is 6.61 Å². The Labute approximate surface area is 131 Å². The van der Waals surface area contributed by atoms with Crippen molar-refractivity contribution in [1.82, 2.24) is 5.32 Å². The van der Waals surface area contributed by atoms with Gasteiger partial charge in [0.1, 0.15) is 5.60 Å².